The zero-order valence-electron chi connectivity index (χ0n) is 8.70. The van der Waals surface area contributed by atoms with Gasteiger partial charge in [-0.3, -0.25) is 4.79 Å². The highest BCUT2D eigenvalue weighted by molar-refractivity contribution is 5.97. The van der Waals surface area contributed by atoms with Gasteiger partial charge in [-0.05, 0) is 6.07 Å². The third kappa shape index (κ3) is 2.94. The maximum atomic E-state index is 13.5. The number of hydrogen-bond donors (Lipinski definition) is 3. The van der Waals surface area contributed by atoms with Crippen molar-refractivity contribution in [1.29, 1.82) is 0 Å². The summed E-state index contributed by atoms with van der Waals surface area (Å²) >= 11 is 0. The number of benzene rings is 1. The minimum Gasteiger partial charge on any atom is -0.409 e. The number of amidine groups is 1. The number of rotatable bonds is 3. The molecule has 5 nitrogen and oxygen atoms in total. The van der Waals surface area contributed by atoms with Crippen LogP contribution in [0.2, 0.25) is 0 Å². The molecule has 6 heteroatoms. The Bertz CT molecular complexity index is 432. The van der Waals surface area contributed by atoms with E-state index in [9.17, 15) is 9.18 Å². The number of halogens is 1. The van der Waals surface area contributed by atoms with Gasteiger partial charge in [-0.25, -0.2) is 4.39 Å². The topological polar surface area (TPSA) is 87.7 Å². The normalized spacial score (nSPS) is 11.2. The number of nitrogens with two attached hydrogens (primary N) is 1. The van der Waals surface area contributed by atoms with Crippen molar-refractivity contribution in [3.05, 3.63) is 35.1 Å². The molecule has 1 rings (SSSR count). The number of oxime groups is 1. The molecule has 4 N–H and O–H groups in total. The lowest BCUT2D eigenvalue weighted by atomic mass is 10.1. The lowest BCUT2D eigenvalue weighted by Crippen LogP contribution is -2.20. The Hall–Kier alpha value is -2.11. The van der Waals surface area contributed by atoms with Crippen molar-refractivity contribution >= 4 is 11.7 Å². The van der Waals surface area contributed by atoms with Gasteiger partial charge < -0.3 is 16.3 Å². The zero-order valence-corrected chi connectivity index (χ0v) is 8.70. The number of carbonyl (C=O) groups is 1. The third-order valence-corrected chi connectivity index (χ3v) is 1.98. The Morgan fingerprint density at radius 1 is 1.62 bits per heavy atom. The monoisotopic (exact) mass is 225 g/mol. The summed E-state index contributed by atoms with van der Waals surface area (Å²) < 4.78 is 13.5. The second-order valence-corrected chi connectivity index (χ2v) is 3.20. The molecule has 0 heterocycles. The fourth-order valence-electron chi connectivity index (χ4n) is 1.13. The molecule has 1 aromatic rings. The van der Waals surface area contributed by atoms with E-state index in [1.54, 1.807) is 0 Å². The number of nitrogens with zero attached hydrogens (tertiary/aromatic N) is 1. The van der Waals surface area contributed by atoms with Crippen LogP contribution in [0.3, 0.4) is 0 Å². The molecule has 86 valence electrons. The molecule has 0 atom stereocenters. The summed E-state index contributed by atoms with van der Waals surface area (Å²) in [5, 5.41) is 13.6. The van der Waals surface area contributed by atoms with Gasteiger partial charge in [-0.1, -0.05) is 17.3 Å². The molecular formula is C10H12FN3O2. The minimum absolute atomic E-state index is 0.109. The molecule has 0 bridgehead atoms. The number of hydrogen-bond acceptors (Lipinski definition) is 3. The van der Waals surface area contributed by atoms with E-state index >= 15 is 0 Å². The van der Waals surface area contributed by atoms with Crippen molar-refractivity contribution in [1.82, 2.24) is 5.32 Å². The lowest BCUT2D eigenvalue weighted by molar-refractivity contribution is -0.119. The van der Waals surface area contributed by atoms with Crippen LogP contribution in [0.1, 0.15) is 18.1 Å². The van der Waals surface area contributed by atoms with Crippen molar-refractivity contribution in [2.24, 2.45) is 10.9 Å². The van der Waals surface area contributed by atoms with Crippen LogP contribution in [0, 0.1) is 5.82 Å². The Labute approximate surface area is 91.8 Å². The minimum atomic E-state index is -0.516. The standard InChI is InChI=1S/C10H12FN3O2/c1-6(15)13-5-8-3-2-7(4-9(8)11)10(12)14-16/h2-4,16H,5H2,1H3,(H2,12,14)(H,13,15). The van der Waals surface area contributed by atoms with E-state index in [0.29, 0.717) is 5.56 Å². The van der Waals surface area contributed by atoms with Gasteiger partial charge in [-0.2, -0.15) is 0 Å². The van der Waals surface area contributed by atoms with Crippen LogP contribution in [0.15, 0.2) is 23.4 Å². The van der Waals surface area contributed by atoms with Crippen molar-refractivity contribution < 1.29 is 14.4 Å². The maximum absolute atomic E-state index is 13.5. The average Bonchev–Trinajstić information content (AvgIpc) is 2.26. The molecule has 0 aliphatic rings. The number of nitrogens with one attached hydrogen (secondary N) is 1. The highest BCUT2D eigenvalue weighted by atomic mass is 19.1. The summed E-state index contributed by atoms with van der Waals surface area (Å²) in [5.41, 5.74) is 5.92. The average molecular weight is 225 g/mol. The first-order chi connectivity index (χ1) is 7.54. The van der Waals surface area contributed by atoms with Crippen LogP contribution in [0.5, 0.6) is 0 Å². The van der Waals surface area contributed by atoms with Crippen molar-refractivity contribution in [3.63, 3.8) is 0 Å². The van der Waals surface area contributed by atoms with Gasteiger partial charge in [0, 0.05) is 24.6 Å². The molecule has 0 radical (unpaired) electrons. The van der Waals surface area contributed by atoms with Gasteiger partial charge in [0.15, 0.2) is 5.84 Å². The summed E-state index contributed by atoms with van der Waals surface area (Å²) in [5.74, 6) is -0.914. The van der Waals surface area contributed by atoms with Gasteiger partial charge in [-0.15, -0.1) is 0 Å². The molecule has 0 saturated carbocycles. The Morgan fingerprint density at radius 2 is 2.31 bits per heavy atom. The van der Waals surface area contributed by atoms with E-state index in [-0.39, 0.29) is 23.9 Å². The van der Waals surface area contributed by atoms with Crippen LogP contribution >= 0.6 is 0 Å². The Kier molecular flexibility index (Phi) is 3.82. The molecule has 0 spiro atoms. The Morgan fingerprint density at radius 3 is 2.81 bits per heavy atom. The van der Waals surface area contributed by atoms with Crippen LogP contribution in [-0.2, 0) is 11.3 Å². The molecule has 0 unspecified atom stereocenters. The molecule has 0 aliphatic heterocycles. The fraction of sp³-hybridized carbons (Fsp3) is 0.200. The van der Waals surface area contributed by atoms with Gasteiger partial charge in [0.1, 0.15) is 5.82 Å². The van der Waals surface area contributed by atoms with E-state index in [1.165, 1.54) is 19.1 Å². The molecule has 1 aromatic carbocycles. The van der Waals surface area contributed by atoms with Crippen LogP contribution in [0.25, 0.3) is 0 Å². The van der Waals surface area contributed by atoms with Crippen LogP contribution in [0.4, 0.5) is 4.39 Å². The first-order valence-electron chi connectivity index (χ1n) is 4.55. The zero-order chi connectivity index (χ0) is 12.1. The van der Waals surface area contributed by atoms with E-state index < -0.39 is 5.82 Å². The summed E-state index contributed by atoms with van der Waals surface area (Å²) in [7, 11) is 0. The van der Waals surface area contributed by atoms with E-state index in [0.717, 1.165) is 6.07 Å². The molecular weight excluding hydrogens is 213 g/mol. The van der Waals surface area contributed by atoms with Crippen molar-refractivity contribution in [2.75, 3.05) is 0 Å². The largest absolute Gasteiger partial charge is 0.409 e. The van der Waals surface area contributed by atoms with Crippen molar-refractivity contribution in [2.45, 2.75) is 13.5 Å². The summed E-state index contributed by atoms with van der Waals surface area (Å²) in [6, 6.07) is 4.13. The first kappa shape index (κ1) is 12.0. The quantitative estimate of drug-likeness (QED) is 0.304. The van der Waals surface area contributed by atoms with E-state index in [4.69, 9.17) is 10.9 Å². The van der Waals surface area contributed by atoms with Gasteiger partial charge >= 0.3 is 0 Å². The maximum Gasteiger partial charge on any atom is 0.217 e. The summed E-state index contributed by atoms with van der Waals surface area (Å²) in [6.45, 7) is 1.46. The first-order valence-corrected chi connectivity index (χ1v) is 4.55. The molecule has 0 fully saturated rings. The SMILES string of the molecule is CC(=O)NCc1ccc(C(N)=NO)cc1F. The summed E-state index contributed by atoms with van der Waals surface area (Å²) in [6.07, 6.45) is 0. The number of amides is 1. The van der Waals surface area contributed by atoms with E-state index in [2.05, 4.69) is 10.5 Å². The second-order valence-electron chi connectivity index (χ2n) is 3.20. The fourth-order valence-corrected chi connectivity index (χ4v) is 1.13. The molecule has 0 aliphatic carbocycles. The Balaban J connectivity index is 2.87. The van der Waals surface area contributed by atoms with Gasteiger partial charge in [0.05, 0.1) is 0 Å². The van der Waals surface area contributed by atoms with Crippen molar-refractivity contribution in [3.8, 4) is 0 Å². The lowest BCUT2D eigenvalue weighted by Gasteiger charge is -2.05. The predicted molar refractivity (Wildman–Crippen MR) is 56.4 cm³/mol. The second kappa shape index (κ2) is 5.11. The highest BCUT2D eigenvalue weighted by Gasteiger charge is 2.06. The molecule has 16 heavy (non-hydrogen) atoms. The third-order valence-electron chi connectivity index (χ3n) is 1.98. The number of carbonyl (C=O) groups excluding carboxylic acids is 1. The molecule has 0 aromatic heterocycles. The molecule has 1 amide bonds. The molecule has 0 saturated heterocycles. The van der Waals surface area contributed by atoms with E-state index in [1.807, 2.05) is 0 Å². The van der Waals surface area contributed by atoms with Gasteiger partial charge in [0.25, 0.3) is 0 Å². The highest BCUT2D eigenvalue weighted by Crippen LogP contribution is 2.10. The smallest absolute Gasteiger partial charge is 0.217 e. The summed E-state index contributed by atoms with van der Waals surface area (Å²) in [4.78, 5) is 10.6. The predicted octanol–water partition coefficient (Wildman–Crippen LogP) is 0.556. The van der Waals surface area contributed by atoms with Gasteiger partial charge in [0.2, 0.25) is 5.91 Å². The van der Waals surface area contributed by atoms with Crippen LogP contribution in [-0.4, -0.2) is 17.0 Å². The van der Waals surface area contributed by atoms with Crippen LogP contribution < -0.4 is 11.1 Å².